The minimum absolute atomic E-state index is 0.00547. The lowest BCUT2D eigenvalue weighted by Crippen LogP contribution is -2.14. The SMILES string of the molecule is Cc1cccc(C)c1NC(=O)c1ccc2nc(NC(=O)C3CC3c3ccccc3)sc2c1. The number of nitrogens with one attached hydrogen (secondary N) is 2. The van der Waals surface area contributed by atoms with Crippen molar-refractivity contribution in [3.05, 3.63) is 89.0 Å². The molecule has 5 nitrogen and oxygen atoms in total. The molecule has 3 aromatic carbocycles. The smallest absolute Gasteiger partial charge is 0.255 e. The van der Waals surface area contributed by atoms with E-state index < -0.39 is 0 Å². The number of hydrogen-bond donors (Lipinski definition) is 2. The van der Waals surface area contributed by atoms with Crippen molar-refractivity contribution in [3.63, 3.8) is 0 Å². The predicted molar refractivity (Wildman–Crippen MR) is 129 cm³/mol. The third-order valence-corrected chi connectivity index (χ3v) is 6.89. The second-order valence-corrected chi connectivity index (χ2v) is 9.30. The summed E-state index contributed by atoms with van der Waals surface area (Å²) in [6.45, 7) is 3.96. The lowest BCUT2D eigenvalue weighted by molar-refractivity contribution is -0.117. The summed E-state index contributed by atoms with van der Waals surface area (Å²) in [5.74, 6) is 0.117. The molecule has 1 heterocycles. The Morgan fingerprint density at radius 3 is 2.44 bits per heavy atom. The number of para-hydroxylation sites is 1. The first-order valence-electron chi connectivity index (χ1n) is 10.6. The number of anilines is 2. The number of aryl methyl sites for hydroxylation is 2. The van der Waals surface area contributed by atoms with Crippen LogP contribution in [0.2, 0.25) is 0 Å². The molecule has 1 aliphatic carbocycles. The molecule has 2 N–H and O–H groups in total. The molecule has 0 spiro atoms. The minimum atomic E-state index is -0.160. The summed E-state index contributed by atoms with van der Waals surface area (Å²) in [5.41, 5.74) is 5.42. The number of benzene rings is 3. The van der Waals surface area contributed by atoms with E-state index in [9.17, 15) is 9.59 Å². The maximum Gasteiger partial charge on any atom is 0.255 e. The molecule has 0 aliphatic heterocycles. The molecule has 5 rings (SSSR count). The van der Waals surface area contributed by atoms with Crippen LogP contribution in [0.1, 0.15) is 39.4 Å². The van der Waals surface area contributed by atoms with E-state index in [1.807, 2.05) is 62.4 Å². The first-order valence-corrected chi connectivity index (χ1v) is 11.5. The standard InChI is InChI=1S/C26H23N3O2S/c1-15-7-6-8-16(2)23(15)28-24(30)18-11-12-21-22(13-18)32-26(27-21)29-25(31)20-14-19(20)17-9-4-3-5-10-17/h3-13,19-20H,14H2,1-2H3,(H,28,30)(H,27,29,31). The van der Waals surface area contributed by atoms with E-state index in [-0.39, 0.29) is 23.7 Å². The summed E-state index contributed by atoms with van der Waals surface area (Å²) in [6, 6.07) is 21.5. The summed E-state index contributed by atoms with van der Waals surface area (Å²) in [7, 11) is 0. The highest BCUT2D eigenvalue weighted by atomic mass is 32.1. The summed E-state index contributed by atoms with van der Waals surface area (Å²) in [6.07, 6.45) is 0.864. The van der Waals surface area contributed by atoms with E-state index in [1.54, 1.807) is 6.07 Å². The van der Waals surface area contributed by atoms with Gasteiger partial charge in [-0.2, -0.15) is 0 Å². The third-order valence-electron chi connectivity index (χ3n) is 5.96. The van der Waals surface area contributed by atoms with Gasteiger partial charge in [-0.05, 0) is 61.1 Å². The number of nitrogens with zero attached hydrogens (tertiary/aromatic N) is 1. The van der Waals surface area contributed by atoms with Crippen LogP contribution >= 0.6 is 11.3 Å². The molecule has 2 unspecified atom stereocenters. The largest absolute Gasteiger partial charge is 0.322 e. The molecule has 0 saturated heterocycles. The Morgan fingerprint density at radius 1 is 0.938 bits per heavy atom. The Balaban J connectivity index is 1.29. The number of hydrogen-bond acceptors (Lipinski definition) is 4. The van der Waals surface area contributed by atoms with Crippen molar-refractivity contribution in [2.24, 2.45) is 5.92 Å². The van der Waals surface area contributed by atoms with Gasteiger partial charge in [0.15, 0.2) is 5.13 Å². The van der Waals surface area contributed by atoms with Gasteiger partial charge in [-0.15, -0.1) is 0 Å². The number of rotatable bonds is 5. The van der Waals surface area contributed by atoms with Crippen LogP contribution in [0.15, 0.2) is 66.7 Å². The van der Waals surface area contributed by atoms with Crippen LogP contribution < -0.4 is 10.6 Å². The molecule has 1 aromatic heterocycles. The summed E-state index contributed by atoms with van der Waals surface area (Å²) in [4.78, 5) is 30.0. The van der Waals surface area contributed by atoms with Crippen molar-refractivity contribution in [2.75, 3.05) is 10.6 Å². The monoisotopic (exact) mass is 441 g/mol. The summed E-state index contributed by atoms with van der Waals surface area (Å²) >= 11 is 1.39. The molecule has 160 valence electrons. The molecule has 32 heavy (non-hydrogen) atoms. The lowest BCUT2D eigenvalue weighted by Gasteiger charge is -2.11. The van der Waals surface area contributed by atoms with Gasteiger partial charge < -0.3 is 10.6 Å². The van der Waals surface area contributed by atoms with Gasteiger partial charge in [0.1, 0.15) is 0 Å². The van der Waals surface area contributed by atoms with Crippen LogP contribution in [-0.4, -0.2) is 16.8 Å². The maximum atomic E-state index is 12.8. The normalized spacial score (nSPS) is 17.2. The van der Waals surface area contributed by atoms with Crippen molar-refractivity contribution >= 4 is 44.2 Å². The van der Waals surface area contributed by atoms with E-state index in [2.05, 4.69) is 27.8 Å². The van der Waals surface area contributed by atoms with Gasteiger partial charge >= 0.3 is 0 Å². The average Bonchev–Trinajstić information content (AvgIpc) is 3.50. The van der Waals surface area contributed by atoms with Crippen molar-refractivity contribution in [3.8, 4) is 0 Å². The number of thiazole rings is 1. The maximum absolute atomic E-state index is 12.8. The van der Waals surface area contributed by atoms with Crippen LogP contribution in [0.4, 0.5) is 10.8 Å². The zero-order chi connectivity index (χ0) is 22.2. The van der Waals surface area contributed by atoms with E-state index in [0.717, 1.165) is 33.5 Å². The number of carbonyl (C=O) groups excluding carboxylic acids is 2. The zero-order valence-corrected chi connectivity index (χ0v) is 18.7. The fourth-order valence-corrected chi connectivity index (χ4v) is 4.98. The topological polar surface area (TPSA) is 71.1 Å². The second kappa shape index (κ2) is 8.20. The van der Waals surface area contributed by atoms with Gasteiger partial charge in [0.25, 0.3) is 5.91 Å². The molecular formula is C26H23N3O2S. The number of amides is 2. The fraction of sp³-hybridized carbons (Fsp3) is 0.192. The molecular weight excluding hydrogens is 418 g/mol. The highest BCUT2D eigenvalue weighted by Crippen LogP contribution is 2.48. The van der Waals surface area contributed by atoms with Crippen LogP contribution in [0.5, 0.6) is 0 Å². The predicted octanol–water partition coefficient (Wildman–Crippen LogP) is 5.91. The molecule has 1 fully saturated rings. The Bertz CT molecular complexity index is 1310. The zero-order valence-electron chi connectivity index (χ0n) is 17.9. The molecule has 1 aliphatic rings. The Labute approximate surface area is 190 Å². The van der Waals surface area contributed by atoms with Crippen molar-refractivity contribution in [1.82, 2.24) is 4.98 Å². The van der Waals surface area contributed by atoms with E-state index in [4.69, 9.17) is 0 Å². The molecule has 0 bridgehead atoms. The number of carbonyl (C=O) groups is 2. The number of fused-ring (bicyclic) bond motifs is 1. The van der Waals surface area contributed by atoms with Crippen molar-refractivity contribution in [1.29, 1.82) is 0 Å². The van der Waals surface area contributed by atoms with Gasteiger partial charge in [-0.25, -0.2) is 4.98 Å². The van der Waals surface area contributed by atoms with Gasteiger partial charge in [0, 0.05) is 17.2 Å². The van der Waals surface area contributed by atoms with Gasteiger partial charge in [0.05, 0.1) is 10.2 Å². The van der Waals surface area contributed by atoms with Gasteiger partial charge in [0.2, 0.25) is 5.91 Å². The minimum Gasteiger partial charge on any atom is -0.322 e. The lowest BCUT2D eigenvalue weighted by atomic mass is 10.1. The molecule has 0 radical (unpaired) electrons. The first kappa shape index (κ1) is 20.4. The van der Waals surface area contributed by atoms with E-state index in [0.29, 0.717) is 10.7 Å². The molecule has 6 heteroatoms. The van der Waals surface area contributed by atoms with Crippen LogP contribution in [0.25, 0.3) is 10.2 Å². The Hall–Kier alpha value is -3.51. The van der Waals surface area contributed by atoms with E-state index in [1.165, 1.54) is 16.9 Å². The van der Waals surface area contributed by atoms with Gasteiger partial charge in [-0.1, -0.05) is 59.9 Å². The third kappa shape index (κ3) is 4.01. The van der Waals surface area contributed by atoms with Crippen molar-refractivity contribution < 1.29 is 9.59 Å². The van der Waals surface area contributed by atoms with Gasteiger partial charge in [-0.3, -0.25) is 9.59 Å². The Kier molecular flexibility index (Phi) is 5.23. The molecule has 4 aromatic rings. The van der Waals surface area contributed by atoms with Crippen LogP contribution in [0, 0.1) is 19.8 Å². The highest BCUT2D eigenvalue weighted by molar-refractivity contribution is 7.22. The number of aromatic nitrogens is 1. The summed E-state index contributed by atoms with van der Waals surface area (Å²) < 4.78 is 0.866. The Morgan fingerprint density at radius 2 is 1.69 bits per heavy atom. The second-order valence-electron chi connectivity index (χ2n) is 8.27. The molecule has 2 amide bonds. The fourth-order valence-electron chi connectivity index (χ4n) is 4.07. The average molecular weight is 442 g/mol. The quantitative estimate of drug-likeness (QED) is 0.405. The highest BCUT2D eigenvalue weighted by Gasteiger charge is 2.44. The first-order chi connectivity index (χ1) is 15.5. The van der Waals surface area contributed by atoms with E-state index >= 15 is 0 Å². The summed E-state index contributed by atoms with van der Waals surface area (Å²) in [5, 5.41) is 6.55. The molecule has 2 atom stereocenters. The van der Waals surface area contributed by atoms with Crippen molar-refractivity contribution in [2.45, 2.75) is 26.2 Å². The van der Waals surface area contributed by atoms with Crippen LogP contribution in [0.3, 0.4) is 0 Å². The molecule has 1 saturated carbocycles. The van der Waals surface area contributed by atoms with Crippen LogP contribution in [-0.2, 0) is 4.79 Å².